The number of carbonyl (C=O) groups excluding carboxylic acids is 1. The Morgan fingerprint density at radius 2 is 2.06 bits per heavy atom. The summed E-state index contributed by atoms with van der Waals surface area (Å²) < 4.78 is 5.14. The summed E-state index contributed by atoms with van der Waals surface area (Å²) >= 11 is 6.15. The molecule has 1 atom stereocenters. The Labute approximate surface area is 114 Å². The molecule has 0 N–H and O–H groups in total. The maximum absolute atomic E-state index is 11.9. The van der Waals surface area contributed by atoms with Gasteiger partial charge in [-0.3, -0.25) is 4.79 Å². The summed E-state index contributed by atoms with van der Waals surface area (Å²) in [6.45, 7) is 7.93. The predicted octanol–water partition coefficient (Wildman–Crippen LogP) is 3.34. The van der Waals surface area contributed by atoms with Crippen molar-refractivity contribution >= 4 is 23.2 Å². The van der Waals surface area contributed by atoms with Crippen molar-refractivity contribution in [2.75, 3.05) is 18.6 Å². The Morgan fingerprint density at radius 1 is 1.44 bits per heavy atom. The van der Waals surface area contributed by atoms with Crippen LogP contribution in [0.4, 0.5) is 5.69 Å². The molecule has 1 rings (SSSR count). The first-order valence-electron chi connectivity index (χ1n) is 5.94. The molecule has 0 saturated heterocycles. The average molecular weight is 270 g/mol. The van der Waals surface area contributed by atoms with Gasteiger partial charge in [0.25, 0.3) is 0 Å². The van der Waals surface area contributed by atoms with Gasteiger partial charge in [0.1, 0.15) is 0 Å². The second-order valence-corrected chi connectivity index (χ2v) is 4.94. The van der Waals surface area contributed by atoms with Gasteiger partial charge in [-0.05, 0) is 38.0 Å². The molecule has 0 fully saturated rings. The fourth-order valence-electron chi connectivity index (χ4n) is 2.19. The van der Waals surface area contributed by atoms with Crippen molar-refractivity contribution in [2.45, 2.75) is 33.7 Å². The maximum Gasteiger partial charge on any atom is 0.224 e. The number of carbonyl (C=O) groups is 1. The van der Waals surface area contributed by atoms with E-state index in [0.29, 0.717) is 11.6 Å². The maximum atomic E-state index is 11.9. The van der Waals surface area contributed by atoms with Crippen molar-refractivity contribution < 1.29 is 9.53 Å². The largest absolute Gasteiger partial charge is 0.383 e. The molecule has 0 saturated carbocycles. The Kier molecular flexibility index (Phi) is 5.17. The Bertz CT molecular complexity index is 446. The normalized spacial score (nSPS) is 12.3. The lowest BCUT2D eigenvalue weighted by Gasteiger charge is -2.31. The molecule has 0 aliphatic carbocycles. The molecule has 0 aromatic heterocycles. The molecular weight excluding hydrogens is 250 g/mol. The van der Waals surface area contributed by atoms with Crippen molar-refractivity contribution in [2.24, 2.45) is 0 Å². The first kappa shape index (κ1) is 15.0. The molecule has 4 heteroatoms. The van der Waals surface area contributed by atoms with Gasteiger partial charge in [-0.15, -0.1) is 0 Å². The monoisotopic (exact) mass is 269 g/mol. The van der Waals surface area contributed by atoms with Crippen LogP contribution in [-0.4, -0.2) is 25.7 Å². The lowest BCUT2D eigenvalue weighted by molar-refractivity contribution is -0.117. The summed E-state index contributed by atoms with van der Waals surface area (Å²) in [5.74, 6) is -0.00647. The number of benzene rings is 1. The third kappa shape index (κ3) is 3.03. The Hall–Kier alpha value is -1.06. The van der Waals surface area contributed by atoms with E-state index >= 15 is 0 Å². The van der Waals surface area contributed by atoms with Gasteiger partial charge in [-0.1, -0.05) is 17.7 Å². The van der Waals surface area contributed by atoms with Crippen molar-refractivity contribution in [1.82, 2.24) is 0 Å². The van der Waals surface area contributed by atoms with Gasteiger partial charge in [0, 0.05) is 19.1 Å². The number of hydrogen-bond donors (Lipinski definition) is 0. The number of rotatable bonds is 4. The number of hydrogen-bond acceptors (Lipinski definition) is 2. The van der Waals surface area contributed by atoms with Crippen LogP contribution in [0.5, 0.6) is 0 Å². The van der Waals surface area contributed by atoms with E-state index in [1.807, 2.05) is 32.9 Å². The molecule has 1 aromatic rings. The van der Waals surface area contributed by atoms with E-state index < -0.39 is 0 Å². The van der Waals surface area contributed by atoms with Gasteiger partial charge < -0.3 is 9.64 Å². The van der Waals surface area contributed by atoms with E-state index in [4.69, 9.17) is 16.3 Å². The Morgan fingerprint density at radius 3 is 2.56 bits per heavy atom. The number of methoxy groups -OCH3 is 1. The van der Waals surface area contributed by atoms with Gasteiger partial charge in [0.2, 0.25) is 5.91 Å². The molecule has 0 heterocycles. The van der Waals surface area contributed by atoms with Gasteiger partial charge >= 0.3 is 0 Å². The van der Waals surface area contributed by atoms with Gasteiger partial charge in [0.05, 0.1) is 18.3 Å². The minimum Gasteiger partial charge on any atom is -0.383 e. The van der Waals surface area contributed by atoms with E-state index in [9.17, 15) is 4.79 Å². The van der Waals surface area contributed by atoms with Crippen LogP contribution in [0.3, 0.4) is 0 Å². The second kappa shape index (κ2) is 6.21. The van der Waals surface area contributed by atoms with Crippen LogP contribution in [0, 0.1) is 13.8 Å². The van der Waals surface area contributed by atoms with Crippen LogP contribution >= 0.6 is 11.6 Å². The van der Waals surface area contributed by atoms with Crippen molar-refractivity contribution in [3.8, 4) is 0 Å². The second-order valence-electron chi connectivity index (χ2n) is 4.53. The van der Waals surface area contributed by atoms with Crippen LogP contribution in [0.25, 0.3) is 0 Å². The van der Waals surface area contributed by atoms with Crippen molar-refractivity contribution in [1.29, 1.82) is 0 Å². The highest BCUT2D eigenvalue weighted by Gasteiger charge is 2.22. The molecule has 0 radical (unpaired) electrons. The van der Waals surface area contributed by atoms with Crippen molar-refractivity contribution in [3.05, 3.63) is 28.3 Å². The predicted molar refractivity (Wildman–Crippen MR) is 75.4 cm³/mol. The lowest BCUT2D eigenvalue weighted by Crippen LogP contribution is -2.40. The molecule has 100 valence electrons. The smallest absolute Gasteiger partial charge is 0.224 e. The third-order valence-corrected chi connectivity index (χ3v) is 3.40. The molecule has 0 spiro atoms. The first-order valence-corrected chi connectivity index (χ1v) is 6.32. The zero-order chi connectivity index (χ0) is 13.9. The van der Waals surface area contributed by atoms with E-state index in [2.05, 4.69) is 0 Å². The summed E-state index contributed by atoms with van der Waals surface area (Å²) in [5.41, 5.74) is 2.85. The molecule has 1 unspecified atom stereocenters. The SMILES string of the molecule is COCC(C)N(C(C)=O)c1c(C)ccc(Cl)c1C. The summed E-state index contributed by atoms with van der Waals surface area (Å²) in [7, 11) is 1.63. The molecule has 0 aliphatic heterocycles. The molecule has 1 aromatic carbocycles. The van der Waals surface area contributed by atoms with Crippen LogP contribution in [0.15, 0.2) is 12.1 Å². The summed E-state index contributed by atoms with van der Waals surface area (Å²) in [6.07, 6.45) is 0. The van der Waals surface area contributed by atoms with Gasteiger partial charge in [-0.25, -0.2) is 0 Å². The average Bonchev–Trinajstić information content (AvgIpc) is 2.29. The zero-order valence-electron chi connectivity index (χ0n) is 11.6. The van der Waals surface area contributed by atoms with Gasteiger partial charge in [-0.2, -0.15) is 0 Å². The number of anilines is 1. The van der Waals surface area contributed by atoms with Crippen LogP contribution in [-0.2, 0) is 9.53 Å². The first-order chi connectivity index (χ1) is 8.40. The highest BCUT2D eigenvalue weighted by molar-refractivity contribution is 6.31. The fourth-order valence-corrected chi connectivity index (χ4v) is 2.34. The van der Waals surface area contributed by atoms with E-state index in [1.54, 1.807) is 18.9 Å². The van der Waals surface area contributed by atoms with E-state index in [-0.39, 0.29) is 11.9 Å². The number of ether oxygens (including phenoxy) is 1. The van der Waals surface area contributed by atoms with Crippen molar-refractivity contribution in [3.63, 3.8) is 0 Å². The minimum absolute atomic E-state index is 0.00647. The number of aryl methyl sites for hydroxylation is 1. The van der Waals surface area contributed by atoms with E-state index in [0.717, 1.165) is 16.8 Å². The van der Waals surface area contributed by atoms with Crippen LogP contribution in [0.1, 0.15) is 25.0 Å². The third-order valence-electron chi connectivity index (χ3n) is 3.00. The van der Waals surface area contributed by atoms with Crippen LogP contribution < -0.4 is 4.90 Å². The number of amides is 1. The number of nitrogens with zero attached hydrogens (tertiary/aromatic N) is 1. The molecule has 3 nitrogen and oxygen atoms in total. The summed E-state index contributed by atoms with van der Waals surface area (Å²) in [4.78, 5) is 13.7. The molecule has 1 amide bonds. The highest BCUT2D eigenvalue weighted by Crippen LogP contribution is 2.31. The molecule has 18 heavy (non-hydrogen) atoms. The summed E-state index contributed by atoms with van der Waals surface area (Å²) in [6, 6.07) is 3.76. The van der Waals surface area contributed by atoms with Crippen LogP contribution in [0.2, 0.25) is 5.02 Å². The number of halogens is 1. The standard InChI is InChI=1S/C14H20ClNO2/c1-9-6-7-13(15)11(3)14(9)16(12(4)17)10(2)8-18-5/h6-7,10H,8H2,1-5H3. The molecular formula is C14H20ClNO2. The summed E-state index contributed by atoms with van der Waals surface area (Å²) in [5, 5.41) is 0.673. The van der Waals surface area contributed by atoms with E-state index in [1.165, 1.54) is 0 Å². The lowest BCUT2D eigenvalue weighted by atomic mass is 10.1. The highest BCUT2D eigenvalue weighted by atomic mass is 35.5. The zero-order valence-corrected chi connectivity index (χ0v) is 12.3. The topological polar surface area (TPSA) is 29.5 Å². The Balaban J connectivity index is 3.30. The molecule has 0 aliphatic rings. The molecule has 0 bridgehead atoms. The fraction of sp³-hybridized carbons (Fsp3) is 0.500. The van der Waals surface area contributed by atoms with Gasteiger partial charge in [0.15, 0.2) is 0 Å². The minimum atomic E-state index is -0.0247. The quantitative estimate of drug-likeness (QED) is 0.839.